The zero-order valence-corrected chi connectivity index (χ0v) is 11.0. The summed E-state index contributed by atoms with van der Waals surface area (Å²) >= 11 is 0. The SMILES string of the molecule is O=C(c1cn2c(n1)NCCC2)N1CCn2cnnc2C1. The van der Waals surface area contributed by atoms with Crippen LogP contribution < -0.4 is 5.32 Å². The Bertz CT molecular complexity index is 635. The van der Waals surface area contributed by atoms with Gasteiger partial charge in [0.25, 0.3) is 5.91 Å². The molecule has 0 bridgehead atoms. The van der Waals surface area contributed by atoms with Crippen LogP contribution in [0.25, 0.3) is 0 Å². The van der Waals surface area contributed by atoms with Crippen LogP contribution >= 0.6 is 0 Å². The van der Waals surface area contributed by atoms with Gasteiger partial charge in [-0.15, -0.1) is 10.2 Å². The molecule has 0 unspecified atom stereocenters. The maximum atomic E-state index is 12.5. The molecular weight excluding hydrogens is 258 g/mol. The Kier molecular flexibility index (Phi) is 2.48. The fourth-order valence-electron chi connectivity index (χ4n) is 2.68. The quantitative estimate of drug-likeness (QED) is 0.787. The molecule has 0 radical (unpaired) electrons. The van der Waals surface area contributed by atoms with Crippen LogP contribution in [0, 0.1) is 0 Å². The van der Waals surface area contributed by atoms with Crippen molar-refractivity contribution in [3.05, 3.63) is 24.0 Å². The minimum Gasteiger partial charge on any atom is -0.356 e. The van der Waals surface area contributed by atoms with Crippen molar-refractivity contribution < 1.29 is 4.79 Å². The second kappa shape index (κ2) is 4.32. The third-order valence-electron chi connectivity index (χ3n) is 3.78. The molecule has 1 N–H and O–H groups in total. The average molecular weight is 273 g/mol. The number of rotatable bonds is 1. The number of nitrogens with zero attached hydrogens (tertiary/aromatic N) is 6. The number of nitrogens with one attached hydrogen (secondary N) is 1. The Morgan fingerprint density at radius 2 is 2.20 bits per heavy atom. The molecule has 0 spiro atoms. The maximum absolute atomic E-state index is 12.5. The topological polar surface area (TPSA) is 80.9 Å². The summed E-state index contributed by atoms with van der Waals surface area (Å²) in [6, 6.07) is 0. The predicted octanol–water partition coefficient (Wildman–Crippen LogP) is -0.0538. The first-order valence-electron chi connectivity index (χ1n) is 6.78. The van der Waals surface area contributed by atoms with Gasteiger partial charge in [-0.2, -0.15) is 0 Å². The Labute approximate surface area is 115 Å². The van der Waals surface area contributed by atoms with Gasteiger partial charge in [0, 0.05) is 32.4 Å². The maximum Gasteiger partial charge on any atom is 0.274 e. The van der Waals surface area contributed by atoms with E-state index in [1.165, 1.54) is 0 Å². The third kappa shape index (κ3) is 1.75. The van der Waals surface area contributed by atoms with Gasteiger partial charge in [-0.25, -0.2) is 4.98 Å². The van der Waals surface area contributed by atoms with E-state index in [-0.39, 0.29) is 5.91 Å². The molecule has 2 aromatic heterocycles. The van der Waals surface area contributed by atoms with Gasteiger partial charge >= 0.3 is 0 Å². The van der Waals surface area contributed by atoms with E-state index >= 15 is 0 Å². The smallest absolute Gasteiger partial charge is 0.274 e. The van der Waals surface area contributed by atoms with Crippen molar-refractivity contribution >= 4 is 11.9 Å². The number of carbonyl (C=O) groups is 1. The summed E-state index contributed by atoms with van der Waals surface area (Å²) in [5.74, 6) is 1.58. The van der Waals surface area contributed by atoms with Crippen LogP contribution in [-0.4, -0.2) is 48.2 Å². The second-order valence-electron chi connectivity index (χ2n) is 5.09. The molecular formula is C12H15N7O. The standard InChI is InChI=1S/C12H15N7O/c20-11(9-6-18-3-1-2-13-12(18)15-9)17-4-5-19-8-14-16-10(19)7-17/h6,8H,1-5,7H2,(H,13,15). The number of hydrogen-bond acceptors (Lipinski definition) is 5. The molecule has 2 aliphatic heterocycles. The van der Waals surface area contributed by atoms with Crippen molar-refractivity contribution in [1.29, 1.82) is 0 Å². The highest BCUT2D eigenvalue weighted by atomic mass is 16.2. The molecule has 2 aliphatic rings. The molecule has 1 amide bonds. The van der Waals surface area contributed by atoms with Crippen molar-refractivity contribution in [2.45, 2.75) is 26.1 Å². The monoisotopic (exact) mass is 273 g/mol. The van der Waals surface area contributed by atoms with E-state index in [0.29, 0.717) is 18.8 Å². The zero-order chi connectivity index (χ0) is 13.5. The summed E-state index contributed by atoms with van der Waals surface area (Å²) in [6.45, 7) is 3.72. The number of aryl methyl sites for hydroxylation is 1. The van der Waals surface area contributed by atoms with Gasteiger partial charge in [-0.3, -0.25) is 4.79 Å². The lowest BCUT2D eigenvalue weighted by atomic mass is 10.3. The van der Waals surface area contributed by atoms with Crippen LogP contribution in [0.4, 0.5) is 5.95 Å². The van der Waals surface area contributed by atoms with Gasteiger partial charge in [-0.1, -0.05) is 0 Å². The van der Waals surface area contributed by atoms with Gasteiger partial charge in [0.2, 0.25) is 5.95 Å². The predicted molar refractivity (Wildman–Crippen MR) is 70.1 cm³/mol. The Hall–Kier alpha value is -2.38. The van der Waals surface area contributed by atoms with Gasteiger partial charge < -0.3 is 19.4 Å². The number of hydrogen-bond donors (Lipinski definition) is 1. The van der Waals surface area contributed by atoms with Crippen molar-refractivity contribution in [2.75, 3.05) is 18.4 Å². The molecule has 0 aromatic carbocycles. The first-order valence-corrected chi connectivity index (χ1v) is 6.78. The van der Waals surface area contributed by atoms with Crippen LogP contribution in [0.5, 0.6) is 0 Å². The number of fused-ring (bicyclic) bond motifs is 2. The summed E-state index contributed by atoms with van der Waals surface area (Å²) in [7, 11) is 0. The Morgan fingerprint density at radius 1 is 1.25 bits per heavy atom. The molecule has 0 fully saturated rings. The van der Waals surface area contributed by atoms with Gasteiger partial charge in [0.15, 0.2) is 5.82 Å². The molecule has 2 aromatic rings. The normalized spacial score (nSPS) is 17.3. The molecule has 0 atom stereocenters. The van der Waals surface area contributed by atoms with Crippen LogP contribution in [-0.2, 0) is 19.6 Å². The van der Waals surface area contributed by atoms with Crippen molar-refractivity contribution in [1.82, 2.24) is 29.2 Å². The molecule has 4 heterocycles. The average Bonchev–Trinajstić information content (AvgIpc) is 3.11. The number of carbonyl (C=O) groups excluding carboxylic acids is 1. The van der Waals surface area contributed by atoms with Crippen molar-refractivity contribution in [3.63, 3.8) is 0 Å². The van der Waals surface area contributed by atoms with E-state index in [4.69, 9.17) is 0 Å². The Morgan fingerprint density at radius 3 is 3.10 bits per heavy atom. The lowest BCUT2D eigenvalue weighted by Crippen LogP contribution is -2.38. The van der Waals surface area contributed by atoms with E-state index in [0.717, 1.165) is 37.8 Å². The molecule has 20 heavy (non-hydrogen) atoms. The van der Waals surface area contributed by atoms with Gasteiger partial charge in [0.05, 0.1) is 6.54 Å². The number of aromatic nitrogens is 5. The van der Waals surface area contributed by atoms with Crippen LogP contribution in [0.1, 0.15) is 22.7 Å². The summed E-state index contributed by atoms with van der Waals surface area (Å²) in [6.07, 6.45) is 4.60. The number of imidazole rings is 1. The lowest BCUT2D eigenvalue weighted by Gasteiger charge is -2.26. The molecule has 4 rings (SSSR count). The summed E-state index contributed by atoms with van der Waals surface area (Å²) in [5.41, 5.74) is 0.502. The molecule has 0 saturated heterocycles. The lowest BCUT2D eigenvalue weighted by molar-refractivity contribution is 0.0702. The fraction of sp³-hybridized carbons (Fsp3) is 0.500. The van der Waals surface area contributed by atoms with Gasteiger partial charge in [-0.05, 0) is 6.42 Å². The minimum atomic E-state index is -0.0389. The fourth-order valence-corrected chi connectivity index (χ4v) is 2.68. The molecule has 8 heteroatoms. The number of amides is 1. The van der Waals surface area contributed by atoms with Crippen LogP contribution in [0.15, 0.2) is 12.5 Å². The highest BCUT2D eigenvalue weighted by molar-refractivity contribution is 5.92. The highest BCUT2D eigenvalue weighted by Crippen LogP contribution is 2.17. The van der Waals surface area contributed by atoms with Crippen molar-refractivity contribution in [3.8, 4) is 0 Å². The largest absolute Gasteiger partial charge is 0.356 e. The van der Waals surface area contributed by atoms with E-state index in [9.17, 15) is 4.79 Å². The molecule has 0 aliphatic carbocycles. The first-order chi connectivity index (χ1) is 9.81. The minimum absolute atomic E-state index is 0.0389. The molecule has 104 valence electrons. The zero-order valence-electron chi connectivity index (χ0n) is 11.0. The molecule has 0 saturated carbocycles. The summed E-state index contributed by atoms with van der Waals surface area (Å²) < 4.78 is 3.98. The Balaban J connectivity index is 1.57. The van der Waals surface area contributed by atoms with E-state index in [1.54, 1.807) is 11.2 Å². The first kappa shape index (κ1) is 11.4. The highest BCUT2D eigenvalue weighted by Gasteiger charge is 2.25. The second-order valence-corrected chi connectivity index (χ2v) is 5.09. The van der Waals surface area contributed by atoms with Crippen LogP contribution in [0.3, 0.4) is 0 Å². The van der Waals surface area contributed by atoms with Gasteiger partial charge in [0.1, 0.15) is 12.0 Å². The summed E-state index contributed by atoms with van der Waals surface area (Å²) in [5, 5.41) is 11.1. The number of anilines is 1. The molecule has 8 nitrogen and oxygen atoms in total. The van der Waals surface area contributed by atoms with E-state index in [2.05, 4.69) is 20.5 Å². The van der Waals surface area contributed by atoms with Crippen molar-refractivity contribution in [2.24, 2.45) is 0 Å². The summed E-state index contributed by atoms with van der Waals surface area (Å²) in [4.78, 5) is 18.7. The third-order valence-corrected chi connectivity index (χ3v) is 3.78. The van der Waals surface area contributed by atoms with Crippen LogP contribution in [0.2, 0.25) is 0 Å². The van der Waals surface area contributed by atoms with E-state index in [1.807, 2.05) is 15.3 Å². The van der Waals surface area contributed by atoms with E-state index < -0.39 is 0 Å².